The maximum atomic E-state index is 10.3. The highest BCUT2D eigenvalue weighted by atomic mass is 16.3. The Balaban J connectivity index is 2.38. The summed E-state index contributed by atoms with van der Waals surface area (Å²) in [4.78, 5) is 0. The van der Waals surface area contributed by atoms with Gasteiger partial charge in [0.05, 0.1) is 5.71 Å². The molecule has 0 unspecified atom stereocenters. The molecule has 2 heteroatoms. The van der Waals surface area contributed by atoms with Gasteiger partial charge in [0.15, 0.2) is 0 Å². The van der Waals surface area contributed by atoms with Crippen LogP contribution in [0.5, 0.6) is 0 Å². The third-order valence-corrected chi connectivity index (χ3v) is 2.55. The molecule has 0 amide bonds. The van der Waals surface area contributed by atoms with Crippen molar-refractivity contribution >= 4 is 5.71 Å². The van der Waals surface area contributed by atoms with Gasteiger partial charge in [-0.25, -0.2) is 0 Å². The summed E-state index contributed by atoms with van der Waals surface area (Å²) in [5, 5.41) is 17.7. The number of aliphatic hydroxyl groups is 1. The second kappa shape index (κ2) is 3.48. The largest absolute Gasteiger partial charge is 0.377 e. The molecule has 0 aromatic heterocycles. The molecule has 0 bridgehead atoms. The molecule has 0 saturated heterocycles. The molecule has 1 aromatic rings. The van der Waals surface area contributed by atoms with E-state index in [4.69, 9.17) is 5.41 Å². The lowest BCUT2D eigenvalue weighted by atomic mass is 9.89. The third-order valence-electron chi connectivity index (χ3n) is 2.55. The zero-order valence-corrected chi connectivity index (χ0v) is 8.57. The van der Waals surface area contributed by atoms with Crippen LogP contribution in [0.2, 0.25) is 0 Å². The quantitative estimate of drug-likeness (QED) is 0.716. The molecule has 1 aromatic carbocycles. The first-order valence-corrected chi connectivity index (χ1v) is 4.87. The van der Waals surface area contributed by atoms with Gasteiger partial charge in [0.25, 0.3) is 0 Å². The maximum Gasteiger partial charge on any atom is 0.127 e. The summed E-state index contributed by atoms with van der Waals surface area (Å²) in [6.45, 7) is 2.01. The Labute approximate surface area is 89.1 Å². The zero-order chi connectivity index (χ0) is 10.9. The van der Waals surface area contributed by atoms with Gasteiger partial charge in [-0.05, 0) is 36.8 Å². The standard InChI is InChI=1S/C13H13NO/c1-10-2-4-11(5-3-10)13(15)8-6-12(14)7-9-13/h2-9,14-15H,1H3. The molecule has 2 N–H and O–H groups in total. The van der Waals surface area contributed by atoms with E-state index in [0.717, 1.165) is 5.56 Å². The van der Waals surface area contributed by atoms with Gasteiger partial charge < -0.3 is 10.5 Å². The van der Waals surface area contributed by atoms with E-state index in [1.165, 1.54) is 5.56 Å². The second-order valence-corrected chi connectivity index (χ2v) is 3.81. The van der Waals surface area contributed by atoms with Crippen molar-refractivity contribution in [2.45, 2.75) is 12.5 Å². The fraction of sp³-hybridized carbons (Fsp3) is 0.154. The van der Waals surface area contributed by atoms with Gasteiger partial charge in [-0.1, -0.05) is 29.8 Å². The molecule has 0 fully saturated rings. The number of hydrogen-bond acceptors (Lipinski definition) is 2. The van der Waals surface area contributed by atoms with E-state index < -0.39 is 5.60 Å². The van der Waals surface area contributed by atoms with E-state index in [2.05, 4.69) is 0 Å². The minimum atomic E-state index is -1.06. The number of rotatable bonds is 1. The van der Waals surface area contributed by atoms with Crippen LogP contribution in [-0.4, -0.2) is 10.8 Å². The van der Waals surface area contributed by atoms with Crippen LogP contribution in [0.15, 0.2) is 48.6 Å². The fourth-order valence-electron chi connectivity index (χ4n) is 1.56. The van der Waals surface area contributed by atoms with Crippen LogP contribution in [0.25, 0.3) is 0 Å². The summed E-state index contributed by atoms with van der Waals surface area (Å²) >= 11 is 0. The highest BCUT2D eigenvalue weighted by Gasteiger charge is 2.24. The SMILES string of the molecule is Cc1ccc(C2(O)C=CC(=N)C=C2)cc1. The first-order valence-electron chi connectivity index (χ1n) is 4.87. The molecule has 0 spiro atoms. The molecule has 0 aliphatic heterocycles. The van der Waals surface area contributed by atoms with Gasteiger partial charge in [0.2, 0.25) is 0 Å². The molecule has 76 valence electrons. The first-order chi connectivity index (χ1) is 7.10. The molecule has 2 nitrogen and oxygen atoms in total. The number of allylic oxidation sites excluding steroid dienone is 2. The smallest absolute Gasteiger partial charge is 0.127 e. The highest BCUT2D eigenvalue weighted by Crippen LogP contribution is 2.26. The van der Waals surface area contributed by atoms with Crippen LogP contribution in [0, 0.1) is 12.3 Å². The monoisotopic (exact) mass is 199 g/mol. The molecular formula is C13H13NO. The summed E-state index contributed by atoms with van der Waals surface area (Å²) in [7, 11) is 0. The lowest BCUT2D eigenvalue weighted by Gasteiger charge is -2.23. The Morgan fingerprint density at radius 1 is 1.07 bits per heavy atom. The fourth-order valence-corrected chi connectivity index (χ4v) is 1.56. The zero-order valence-electron chi connectivity index (χ0n) is 8.57. The third kappa shape index (κ3) is 1.90. The second-order valence-electron chi connectivity index (χ2n) is 3.81. The molecule has 15 heavy (non-hydrogen) atoms. The predicted molar refractivity (Wildman–Crippen MR) is 61.1 cm³/mol. The van der Waals surface area contributed by atoms with Gasteiger partial charge in [-0.15, -0.1) is 0 Å². The van der Waals surface area contributed by atoms with Crippen molar-refractivity contribution in [3.63, 3.8) is 0 Å². The van der Waals surface area contributed by atoms with Gasteiger partial charge in [-0.2, -0.15) is 0 Å². The van der Waals surface area contributed by atoms with Gasteiger partial charge >= 0.3 is 0 Å². The topological polar surface area (TPSA) is 44.1 Å². The number of nitrogens with one attached hydrogen (secondary N) is 1. The van der Waals surface area contributed by atoms with Crippen molar-refractivity contribution in [1.29, 1.82) is 5.41 Å². The average Bonchev–Trinajstić information content (AvgIpc) is 2.24. The summed E-state index contributed by atoms with van der Waals surface area (Å²) in [5.41, 5.74) is 1.34. The minimum absolute atomic E-state index is 0.409. The Morgan fingerprint density at radius 3 is 2.13 bits per heavy atom. The van der Waals surface area contributed by atoms with Crippen LogP contribution in [0.3, 0.4) is 0 Å². The van der Waals surface area contributed by atoms with Gasteiger partial charge in [0.1, 0.15) is 5.60 Å². The lowest BCUT2D eigenvalue weighted by molar-refractivity contribution is 0.143. The minimum Gasteiger partial charge on any atom is -0.377 e. The van der Waals surface area contributed by atoms with Crippen LogP contribution in [-0.2, 0) is 5.60 Å². The highest BCUT2D eigenvalue weighted by molar-refractivity contribution is 6.02. The Bertz CT molecular complexity index is 424. The van der Waals surface area contributed by atoms with Crippen molar-refractivity contribution in [1.82, 2.24) is 0 Å². The van der Waals surface area contributed by atoms with Crippen molar-refractivity contribution in [3.05, 3.63) is 59.7 Å². The summed E-state index contributed by atoms with van der Waals surface area (Å²) in [6.07, 6.45) is 6.50. The van der Waals surface area contributed by atoms with E-state index >= 15 is 0 Å². The average molecular weight is 199 g/mol. The normalized spacial score (nSPS) is 24.5. The molecule has 0 radical (unpaired) electrons. The number of benzene rings is 1. The summed E-state index contributed by atoms with van der Waals surface area (Å²) in [5.74, 6) is 0. The molecule has 1 aliphatic carbocycles. The first kappa shape index (κ1) is 9.87. The van der Waals surface area contributed by atoms with E-state index in [9.17, 15) is 5.11 Å². The maximum absolute atomic E-state index is 10.3. The van der Waals surface area contributed by atoms with Crippen LogP contribution >= 0.6 is 0 Å². The molecule has 1 aliphatic rings. The molecular weight excluding hydrogens is 186 g/mol. The van der Waals surface area contributed by atoms with Crippen molar-refractivity contribution in [3.8, 4) is 0 Å². The summed E-state index contributed by atoms with van der Waals surface area (Å²) in [6, 6.07) is 7.74. The van der Waals surface area contributed by atoms with Gasteiger partial charge in [-0.3, -0.25) is 0 Å². The van der Waals surface area contributed by atoms with Crippen LogP contribution in [0.1, 0.15) is 11.1 Å². The lowest BCUT2D eigenvalue weighted by Crippen LogP contribution is -2.22. The van der Waals surface area contributed by atoms with Crippen molar-refractivity contribution in [2.24, 2.45) is 0 Å². The molecule has 2 rings (SSSR count). The van der Waals surface area contributed by atoms with E-state index in [1.807, 2.05) is 31.2 Å². The molecule has 0 atom stereocenters. The Morgan fingerprint density at radius 2 is 1.60 bits per heavy atom. The van der Waals surface area contributed by atoms with E-state index in [0.29, 0.717) is 5.71 Å². The van der Waals surface area contributed by atoms with E-state index in [-0.39, 0.29) is 0 Å². The predicted octanol–water partition coefficient (Wildman–Crippen LogP) is 2.33. The van der Waals surface area contributed by atoms with Gasteiger partial charge in [0, 0.05) is 0 Å². The van der Waals surface area contributed by atoms with Crippen LogP contribution in [0.4, 0.5) is 0 Å². The number of aryl methyl sites for hydroxylation is 1. The van der Waals surface area contributed by atoms with E-state index in [1.54, 1.807) is 24.3 Å². The van der Waals surface area contributed by atoms with Crippen molar-refractivity contribution in [2.75, 3.05) is 0 Å². The van der Waals surface area contributed by atoms with Crippen molar-refractivity contribution < 1.29 is 5.11 Å². The number of hydrogen-bond donors (Lipinski definition) is 2. The molecule has 0 heterocycles. The summed E-state index contributed by atoms with van der Waals surface area (Å²) < 4.78 is 0. The van der Waals surface area contributed by atoms with Crippen LogP contribution < -0.4 is 0 Å². The molecule has 0 saturated carbocycles. The Kier molecular flexibility index (Phi) is 2.29. The Hall–Kier alpha value is -1.67.